The lowest BCUT2D eigenvalue weighted by atomic mass is 9.66. The number of carbonyl (C=O) groups excluding carboxylic acids is 1. The van der Waals surface area contributed by atoms with Gasteiger partial charge in [0.25, 0.3) is 0 Å². The molecule has 0 radical (unpaired) electrons. The molecule has 34 heavy (non-hydrogen) atoms. The maximum atomic E-state index is 13.4. The van der Waals surface area contributed by atoms with Crippen LogP contribution < -0.4 is 5.32 Å². The Balaban J connectivity index is 1.28. The summed E-state index contributed by atoms with van der Waals surface area (Å²) in [6.45, 7) is 5.49. The zero-order valence-electron chi connectivity index (χ0n) is 19.4. The van der Waals surface area contributed by atoms with Gasteiger partial charge in [-0.3, -0.25) is 4.79 Å². The molecule has 2 atom stereocenters. The number of anilines is 1. The number of carbonyl (C=O) groups is 1. The fraction of sp³-hybridized carbons (Fsp3) is 0.417. The van der Waals surface area contributed by atoms with Crippen LogP contribution in [0.4, 0.5) is 5.69 Å². The predicted octanol–water partition coefficient (Wildman–Crippen LogP) is 2.92. The molecule has 0 unspecified atom stereocenters. The van der Waals surface area contributed by atoms with Crippen molar-refractivity contribution in [1.29, 1.82) is 0 Å². The summed E-state index contributed by atoms with van der Waals surface area (Å²) in [6, 6.07) is 3.84. The number of amides is 1. The molecule has 0 bridgehead atoms. The lowest BCUT2D eigenvalue weighted by molar-refractivity contribution is -0.117. The molecule has 1 amide bonds. The van der Waals surface area contributed by atoms with E-state index in [1.807, 2.05) is 36.7 Å². The second-order valence-electron chi connectivity index (χ2n) is 9.60. The Morgan fingerprint density at radius 3 is 2.68 bits per heavy atom. The van der Waals surface area contributed by atoms with E-state index in [4.69, 9.17) is 0 Å². The largest absolute Gasteiger partial charge is 0.387 e. The van der Waals surface area contributed by atoms with Crippen LogP contribution in [-0.4, -0.2) is 45.6 Å². The van der Waals surface area contributed by atoms with Crippen LogP contribution in [0.3, 0.4) is 0 Å². The second kappa shape index (κ2) is 7.42. The minimum Gasteiger partial charge on any atom is -0.387 e. The Labute approximate surface area is 196 Å². The van der Waals surface area contributed by atoms with E-state index in [-0.39, 0.29) is 17.2 Å². The van der Waals surface area contributed by atoms with Gasteiger partial charge in [-0.15, -0.1) is 9.90 Å². The molecule has 0 saturated heterocycles. The average molecular weight is 459 g/mol. The van der Waals surface area contributed by atoms with Gasteiger partial charge in [-0.2, -0.15) is 10.2 Å². The van der Waals surface area contributed by atoms with E-state index in [0.717, 1.165) is 47.4 Å². The molecule has 1 saturated carbocycles. The number of rotatable bonds is 4. The smallest absolute Gasteiger partial charge is 0.232 e. The van der Waals surface area contributed by atoms with Crippen LogP contribution >= 0.6 is 0 Å². The standard InChI is InChI=1S/C24H26N8O2/c1-13-7-16(10-26-22(13)32-27-12-19(30-32)15(3)33)28-23(34)17-9-24(5-4-6-24)21-18(17)11-25-20-8-14(2)29-31(20)21/h7-8,10-12,15,17,33H,4-6,9H2,1-3H3,(H,28,34)/t15-,17+/m0/s1. The highest BCUT2D eigenvalue weighted by Crippen LogP contribution is 2.56. The van der Waals surface area contributed by atoms with E-state index in [0.29, 0.717) is 17.2 Å². The number of fused-ring (bicyclic) bond motifs is 4. The van der Waals surface area contributed by atoms with E-state index in [1.54, 1.807) is 13.1 Å². The van der Waals surface area contributed by atoms with Gasteiger partial charge in [0.05, 0.1) is 41.5 Å². The van der Waals surface area contributed by atoms with Crippen LogP contribution in [0.5, 0.6) is 0 Å². The fourth-order valence-electron chi connectivity index (χ4n) is 5.37. The maximum absolute atomic E-state index is 13.4. The number of nitrogens with one attached hydrogen (secondary N) is 1. The number of aliphatic hydroxyl groups is 1. The number of nitrogens with zero attached hydrogens (tertiary/aromatic N) is 7. The molecule has 0 aliphatic heterocycles. The van der Waals surface area contributed by atoms with Crippen LogP contribution in [0.15, 0.2) is 30.7 Å². The number of aryl methyl sites for hydroxylation is 2. The predicted molar refractivity (Wildman–Crippen MR) is 124 cm³/mol. The number of hydrogen-bond acceptors (Lipinski definition) is 7. The Kier molecular flexibility index (Phi) is 4.57. The molecule has 2 N–H and O–H groups in total. The summed E-state index contributed by atoms with van der Waals surface area (Å²) < 4.78 is 1.95. The molecule has 10 heteroatoms. The van der Waals surface area contributed by atoms with Gasteiger partial charge in [0.2, 0.25) is 5.91 Å². The van der Waals surface area contributed by atoms with Crippen LogP contribution in [0.2, 0.25) is 0 Å². The van der Waals surface area contributed by atoms with Crippen molar-refractivity contribution in [2.24, 2.45) is 0 Å². The van der Waals surface area contributed by atoms with E-state index in [2.05, 4.69) is 30.6 Å². The van der Waals surface area contributed by atoms with Crippen molar-refractivity contribution in [3.8, 4) is 5.82 Å². The van der Waals surface area contributed by atoms with E-state index >= 15 is 0 Å². The lowest BCUT2D eigenvalue weighted by Crippen LogP contribution is -2.34. The summed E-state index contributed by atoms with van der Waals surface area (Å²) in [4.78, 5) is 23.9. The van der Waals surface area contributed by atoms with Gasteiger partial charge in [-0.1, -0.05) is 6.42 Å². The minimum atomic E-state index is -0.706. The van der Waals surface area contributed by atoms with Crippen molar-refractivity contribution in [2.75, 3.05) is 5.32 Å². The Morgan fingerprint density at radius 2 is 2.00 bits per heavy atom. The second-order valence-corrected chi connectivity index (χ2v) is 9.60. The molecule has 0 aromatic carbocycles. The molecule has 4 aromatic heterocycles. The van der Waals surface area contributed by atoms with Crippen LogP contribution in [-0.2, 0) is 10.2 Å². The molecule has 2 aliphatic rings. The van der Waals surface area contributed by atoms with Gasteiger partial charge in [-0.05, 0) is 51.7 Å². The monoisotopic (exact) mass is 458 g/mol. The molecular formula is C24H26N8O2. The first-order valence-electron chi connectivity index (χ1n) is 11.6. The van der Waals surface area contributed by atoms with Crippen molar-refractivity contribution in [2.45, 2.75) is 63.9 Å². The molecule has 1 spiro atoms. The first kappa shape index (κ1) is 20.9. The van der Waals surface area contributed by atoms with Crippen LogP contribution in [0.1, 0.15) is 72.8 Å². The first-order chi connectivity index (χ1) is 16.3. The van der Waals surface area contributed by atoms with Crippen molar-refractivity contribution in [3.63, 3.8) is 0 Å². The molecule has 174 valence electrons. The van der Waals surface area contributed by atoms with Gasteiger partial charge in [0.1, 0.15) is 5.69 Å². The van der Waals surface area contributed by atoms with Crippen LogP contribution in [0.25, 0.3) is 11.5 Å². The molecule has 1 fully saturated rings. The van der Waals surface area contributed by atoms with Crippen molar-refractivity contribution < 1.29 is 9.90 Å². The highest BCUT2D eigenvalue weighted by Gasteiger charge is 2.52. The summed E-state index contributed by atoms with van der Waals surface area (Å²) in [5.41, 5.74) is 5.79. The highest BCUT2D eigenvalue weighted by atomic mass is 16.3. The minimum absolute atomic E-state index is 0.00231. The average Bonchev–Trinajstić information content (AvgIpc) is 3.47. The van der Waals surface area contributed by atoms with Crippen molar-refractivity contribution >= 4 is 17.2 Å². The number of aromatic nitrogens is 7. The zero-order chi connectivity index (χ0) is 23.6. The van der Waals surface area contributed by atoms with Gasteiger partial charge in [-0.25, -0.2) is 14.5 Å². The third-order valence-corrected chi connectivity index (χ3v) is 7.18. The molecule has 2 aliphatic carbocycles. The van der Waals surface area contributed by atoms with E-state index in [1.165, 1.54) is 17.4 Å². The summed E-state index contributed by atoms with van der Waals surface area (Å²) in [5, 5.41) is 25.9. The third-order valence-electron chi connectivity index (χ3n) is 7.18. The fourth-order valence-corrected chi connectivity index (χ4v) is 5.37. The molecule has 4 aromatic rings. The SMILES string of the molecule is Cc1cc2ncc3c(n2n1)C1(CCC1)C[C@H]3C(=O)Nc1cnc(-n2ncc([C@H](C)O)n2)c(C)c1. The first-order valence-corrected chi connectivity index (χ1v) is 11.6. The number of aliphatic hydroxyl groups excluding tert-OH is 1. The van der Waals surface area contributed by atoms with E-state index < -0.39 is 6.10 Å². The molecule has 6 rings (SSSR count). The molecule has 4 heterocycles. The Hall–Kier alpha value is -3.66. The van der Waals surface area contributed by atoms with Crippen molar-refractivity contribution in [3.05, 3.63) is 58.9 Å². The normalized spacial score (nSPS) is 19.2. The summed E-state index contributed by atoms with van der Waals surface area (Å²) >= 11 is 0. The Morgan fingerprint density at radius 1 is 1.18 bits per heavy atom. The number of hydrogen-bond donors (Lipinski definition) is 2. The third kappa shape index (κ3) is 3.12. The number of pyridine rings is 1. The highest BCUT2D eigenvalue weighted by molar-refractivity contribution is 5.97. The zero-order valence-corrected chi connectivity index (χ0v) is 19.4. The maximum Gasteiger partial charge on any atom is 0.232 e. The van der Waals surface area contributed by atoms with E-state index in [9.17, 15) is 9.90 Å². The quantitative estimate of drug-likeness (QED) is 0.482. The van der Waals surface area contributed by atoms with Gasteiger partial charge >= 0.3 is 0 Å². The van der Waals surface area contributed by atoms with Gasteiger partial charge in [0, 0.05) is 23.2 Å². The topological polar surface area (TPSA) is 123 Å². The molecular weight excluding hydrogens is 432 g/mol. The molecule has 10 nitrogen and oxygen atoms in total. The lowest BCUT2D eigenvalue weighted by Gasteiger charge is -2.39. The van der Waals surface area contributed by atoms with Gasteiger partial charge in [0.15, 0.2) is 11.5 Å². The van der Waals surface area contributed by atoms with Crippen molar-refractivity contribution in [1.82, 2.24) is 34.6 Å². The Bertz CT molecular complexity index is 1430. The summed E-state index contributed by atoms with van der Waals surface area (Å²) in [5.74, 6) is 0.209. The van der Waals surface area contributed by atoms with Crippen LogP contribution in [0, 0.1) is 13.8 Å². The van der Waals surface area contributed by atoms with Gasteiger partial charge < -0.3 is 10.4 Å². The summed E-state index contributed by atoms with van der Waals surface area (Å²) in [7, 11) is 0. The summed E-state index contributed by atoms with van der Waals surface area (Å²) in [6.07, 6.45) is 8.37.